The van der Waals surface area contributed by atoms with Crippen LogP contribution in [0.15, 0.2) is 172 Å². The summed E-state index contributed by atoms with van der Waals surface area (Å²) in [7, 11) is -7.52. The Morgan fingerprint density at radius 3 is 1.33 bits per heavy atom. The summed E-state index contributed by atoms with van der Waals surface area (Å²) in [6.45, 7) is 19.9. The number of aryl methyl sites for hydroxylation is 1. The molecule has 8 aromatic rings. The molecule has 0 aliphatic rings. The number of sulfonamides is 2. The third-order valence-corrected chi connectivity index (χ3v) is 18.0. The van der Waals surface area contributed by atoms with Gasteiger partial charge in [0.25, 0.3) is 0 Å². The van der Waals surface area contributed by atoms with Gasteiger partial charge in [0, 0.05) is 45.3 Å². The van der Waals surface area contributed by atoms with Crippen molar-refractivity contribution in [2.45, 2.75) is 143 Å². The van der Waals surface area contributed by atoms with Crippen LogP contribution in [0.4, 0.5) is 21.0 Å². The number of hydrogen-bond acceptors (Lipinski definition) is 16. The predicted octanol–water partition coefficient (Wildman–Crippen LogP) is 14.6. The summed E-state index contributed by atoms with van der Waals surface area (Å²) in [5.41, 5.74) is 5.96. The average molecular weight is 1430 g/mol. The zero-order valence-electron chi connectivity index (χ0n) is 52.8. The van der Waals surface area contributed by atoms with Crippen LogP contribution in [0.1, 0.15) is 104 Å². The van der Waals surface area contributed by atoms with Crippen molar-refractivity contribution in [3.63, 3.8) is 0 Å². The molecule has 0 spiro atoms. The normalized spacial score (nSPS) is 11.3. The van der Waals surface area contributed by atoms with E-state index in [4.69, 9.17) is 18.9 Å². The van der Waals surface area contributed by atoms with Gasteiger partial charge in [0.1, 0.15) is 23.2 Å². The Hall–Kier alpha value is -4.37. The number of halogens is 1. The van der Waals surface area contributed by atoms with Gasteiger partial charge >= 0.3 is 87.3 Å². The fraction of sp³-hybridized carbons (Fsp3) is 0.303. The molecule has 2 heterocycles. The van der Waals surface area contributed by atoms with Crippen molar-refractivity contribution < 1.29 is 55.0 Å². The van der Waals surface area contributed by atoms with Gasteiger partial charge in [0.2, 0.25) is 20.0 Å². The Morgan fingerprint density at radius 1 is 0.538 bits per heavy atom. The molecule has 476 valence electrons. The quantitative estimate of drug-likeness (QED) is 0.0334. The fourth-order valence-electron chi connectivity index (χ4n) is 8.10. The zero-order valence-corrected chi connectivity index (χ0v) is 63.9. The summed E-state index contributed by atoms with van der Waals surface area (Å²) in [6.07, 6.45) is 2.11. The summed E-state index contributed by atoms with van der Waals surface area (Å²) in [5, 5.41) is 6.94. The van der Waals surface area contributed by atoms with Gasteiger partial charge in [0.05, 0.1) is 49.7 Å². The number of nitrogens with zero attached hydrogens (tertiary/aromatic N) is 2. The number of anilines is 2. The van der Waals surface area contributed by atoms with E-state index < -0.39 is 49.3 Å². The van der Waals surface area contributed by atoms with E-state index in [1.165, 1.54) is 86.6 Å². The number of ether oxygens (including phenoxy) is 4. The first-order valence-corrected chi connectivity index (χ1v) is 50.2. The van der Waals surface area contributed by atoms with E-state index in [2.05, 4.69) is 46.0 Å². The van der Waals surface area contributed by atoms with Crippen LogP contribution < -0.4 is 20.1 Å². The van der Waals surface area contributed by atoms with Gasteiger partial charge in [-0.1, -0.05) is 86.3 Å². The molecule has 0 saturated carbocycles. The Labute approximate surface area is 597 Å². The molecule has 0 aliphatic heterocycles. The monoisotopic (exact) mass is 1430 g/mol. The number of nitrogens with one attached hydrogen (secondary N) is 4. The number of hydrogen-bond donors (Lipinski definition) is 4. The first-order valence-electron chi connectivity index (χ1n) is 28.8. The standard InChI is InChI=1S/C32H35N3O6S2.C20H25NO4S.C13H13BrN2O2S.CH4.2K/c1-21(2)41-31(37)34-25-14-12-24(13-15-25)30-33-19-27(42-30)26-17-23(11-16-28(26)43(38,39)35-32(3,4)5)18-29(36)40-20-22-9-7-6-8-10-22;1-15-12-17(10-11-18(15)26(23,24)21-20(2,3)4)13-19(22)25-14-16-8-6-5-7-9-16;1-8(2)18-13(17)16-10-5-3-9(4-6-10)12-15-7-11(14)19-12;;;/h6-17,19,21,35H,18,20H2,1-5H3,(H,34,37);5-12,21H,13-14H2,1-4H3;3-8H,1-2H3,(H,16,17);1H4;;. The van der Waals surface area contributed by atoms with Crippen LogP contribution in [0.25, 0.3) is 31.6 Å². The Bertz CT molecular complexity index is 3880. The number of esters is 2. The van der Waals surface area contributed by atoms with Crippen molar-refractivity contribution in [1.82, 2.24) is 19.4 Å². The Morgan fingerprint density at radius 2 is 0.934 bits per heavy atom. The fourth-order valence-corrected chi connectivity index (χ4v) is 13.6. The molecule has 6 aromatic carbocycles. The van der Waals surface area contributed by atoms with Crippen LogP contribution in [0.5, 0.6) is 0 Å². The second-order valence-electron chi connectivity index (χ2n) is 22.6. The van der Waals surface area contributed by atoms with Gasteiger partial charge in [-0.05, 0) is 187 Å². The molecular formula is C66H77BrK2N6O12S4. The van der Waals surface area contributed by atoms with Gasteiger partial charge in [0.15, 0.2) is 0 Å². The van der Waals surface area contributed by atoms with Crippen molar-refractivity contribution in [3.05, 3.63) is 190 Å². The number of benzene rings is 6. The number of carbonyl (C=O) groups is 4. The summed E-state index contributed by atoms with van der Waals surface area (Å²) < 4.78 is 79.0. The Kier molecular flexibility index (Phi) is 32.7. The molecule has 4 N–H and O–H groups in total. The summed E-state index contributed by atoms with van der Waals surface area (Å²) >= 11 is 8.76. The summed E-state index contributed by atoms with van der Waals surface area (Å²) in [5.74, 6) is -0.772. The molecule has 18 nitrogen and oxygen atoms in total. The summed E-state index contributed by atoms with van der Waals surface area (Å²) in [6, 6.07) is 43.1. The topological polar surface area (TPSA) is 247 Å². The zero-order chi connectivity index (χ0) is 66.4. The van der Waals surface area contributed by atoms with Gasteiger partial charge in [-0.15, -0.1) is 22.7 Å². The van der Waals surface area contributed by atoms with Gasteiger partial charge in [-0.25, -0.2) is 45.8 Å². The van der Waals surface area contributed by atoms with Crippen LogP contribution in [-0.4, -0.2) is 137 Å². The van der Waals surface area contributed by atoms with Crippen molar-refractivity contribution >= 4 is 157 Å². The van der Waals surface area contributed by atoms with Crippen molar-refractivity contribution in [2.75, 3.05) is 10.6 Å². The minimum atomic E-state index is -3.91. The van der Waals surface area contributed by atoms with Crippen molar-refractivity contribution in [3.8, 4) is 31.6 Å². The molecule has 0 saturated heterocycles. The molecule has 8 rings (SSSR count). The SMILES string of the molecule is C.CC(C)OC(=O)Nc1ccc(-c2ncc(-c3cc(CC(=O)OCc4ccccc4)ccc3S(=O)(=O)NC(C)(C)C)s2)cc1.CC(C)OC(=O)Nc1ccc(-c2ncc(Br)s2)cc1.Cc1cc(CC(=O)OCc2ccccc2)ccc1S(=O)(=O)NC(C)(C)C.[K][K]. The molecule has 25 heteroatoms. The maximum atomic E-state index is 13.4. The molecule has 0 atom stereocenters. The van der Waals surface area contributed by atoms with Crippen LogP contribution in [-0.2, 0) is 74.6 Å². The van der Waals surface area contributed by atoms with Crippen molar-refractivity contribution in [2.24, 2.45) is 0 Å². The number of rotatable bonds is 19. The van der Waals surface area contributed by atoms with E-state index in [1.807, 2.05) is 111 Å². The molecule has 0 radical (unpaired) electrons. The molecule has 0 bridgehead atoms. The third kappa shape index (κ3) is 28.2. The molecule has 2 aromatic heterocycles. The first kappa shape index (κ1) is 79.1. The van der Waals surface area contributed by atoms with E-state index in [9.17, 15) is 36.0 Å². The second kappa shape index (κ2) is 37.7. The molecule has 2 amide bonds. The third-order valence-electron chi connectivity index (χ3n) is 11.6. The van der Waals surface area contributed by atoms with Gasteiger partial charge in [-0.2, -0.15) is 0 Å². The van der Waals surface area contributed by atoms with Crippen LogP contribution >= 0.6 is 38.6 Å². The number of carbonyl (C=O) groups excluding carboxylic acids is 4. The van der Waals surface area contributed by atoms with E-state index in [0.29, 0.717) is 37.9 Å². The minimum absolute atomic E-state index is 0. The number of thiazole rings is 2. The number of aromatic nitrogens is 2. The Balaban J connectivity index is 0.000000313. The van der Waals surface area contributed by atoms with Crippen LogP contribution in [0.2, 0.25) is 0 Å². The second-order valence-corrected chi connectivity index (χ2v) is 29.3. The number of amides is 2. The molecular weight excluding hydrogens is 1360 g/mol. The molecule has 0 aliphatic carbocycles. The van der Waals surface area contributed by atoms with Crippen LogP contribution in [0.3, 0.4) is 0 Å². The molecule has 0 fully saturated rings. The van der Waals surface area contributed by atoms with Gasteiger partial charge < -0.3 is 18.9 Å². The van der Waals surface area contributed by atoms with E-state index >= 15 is 0 Å². The van der Waals surface area contributed by atoms with Crippen molar-refractivity contribution in [1.29, 1.82) is 0 Å². The molecule has 0 unspecified atom stereocenters. The first-order chi connectivity index (χ1) is 42.4. The van der Waals surface area contributed by atoms with E-state index in [-0.39, 0.29) is 61.5 Å². The average Bonchev–Trinajstić information content (AvgIpc) is 1.81. The maximum absolute atomic E-state index is 13.4. The summed E-state index contributed by atoms with van der Waals surface area (Å²) in [4.78, 5) is 57.7. The van der Waals surface area contributed by atoms with E-state index in [0.717, 1.165) is 36.6 Å². The van der Waals surface area contributed by atoms with Crippen LogP contribution in [0, 0.1) is 6.92 Å². The predicted molar refractivity (Wildman–Crippen MR) is 368 cm³/mol. The molecule has 91 heavy (non-hydrogen) atoms. The van der Waals surface area contributed by atoms with E-state index in [1.54, 1.807) is 122 Å². The van der Waals surface area contributed by atoms with Gasteiger partial charge in [-0.3, -0.25) is 20.2 Å².